The molecular formula is C24H25N3O5. The minimum atomic E-state index is -1.09. The number of hydrogen-bond acceptors (Lipinski definition) is 6. The summed E-state index contributed by atoms with van der Waals surface area (Å²) < 4.78 is 11.6. The summed E-state index contributed by atoms with van der Waals surface area (Å²) in [4.78, 5) is 34.4. The normalized spacial score (nSPS) is 18.5. The molecule has 0 bridgehead atoms. The molecule has 3 heterocycles. The van der Waals surface area contributed by atoms with Crippen LogP contribution in [0.15, 0.2) is 54.9 Å². The van der Waals surface area contributed by atoms with E-state index in [0.717, 1.165) is 22.0 Å². The van der Waals surface area contributed by atoms with Gasteiger partial charge in [-0.15, -0.1) is 0 Å². The van der Waals surface area contributed by atoms with Crippen LogP contribution in [0.2, 0.25) is 0 Å². The van der Waals surface area contributed by atoms with Gasteiger partial charge in [-0.05, 0) is 50.4 Å². The van der Waals surface area contributed by atoms with Gasteiger partial charge in [0.15, 0.2) is 0 Å². The molecule has 2 aromatic heterocycles. The lowest BCUT2D eigenvalue weighted by Crippen LogP contribution is -2.43. The summed E-state index contributed by atoms with van der Waals surface area (Å²) >= 11 is 0. The largest absolute Gasteiger partial charge is 0.480 e. The number of rotatable bonds is 4. The SMILES string of the molecule is CC(C)(C)OC(=O)N1C[C@H](Oc2nc(-c3ccncc3)cc3ccccc23)C[C@H]1C(=O)O. The summed E-state index contributed by atoms with van der Waals surface area (Å²) in [5.74, 6) is -0.694. The van der Waals surface area contributed by atoms with Gasteiger partial charge in [0.1, 0.15) is 17.7 Å². The van der Waals surface area contributed by atoms with Gasteiger partial charge in [-0.1, -0.05) is 18.2 Å². The number of carbonyl (C=O) groups is 2. The van der Waals surface area contributed by atoms with Crippen molar-refractivity contribution in [2.24, 2.45) is 0 Å². The highest BCUT2D eigenvalue weighted by Gasteiger charge is 2.43. The molecule has 0 saturated carbocycles. The number of carbonyl (C=O) groups excluding carboxylic acids is 1. The number of aliphatic carboxylic acids is 1. The molecule has 0 unspecified atom stereocenters. The molecule has 3 aromatic rings. The third-order valence-corrected chi connectivity index (χ3v) is 5.14. The molecule has 1 aromatic carbocycles. The molecule has 1 saturated heterocycles. The van der Waals surface area contributed by atoms with Gasteiger partial charge in [-0.3, -0.25) is 9.88 Å². The molecule has 1 aliphatic heterocycles. The van der Waals surface area contributed by atoms with E-state index in [1.807, 2.05) is 42.5 Å². The quantitative estimate of drug-likeness (QED) is 0.657. The van der Waals surface area contributed by atoms with Crippen molar-refractivity contribution in [1.82, 2.24) is 14.9 Å². The predicted molar refractivity (Wildman–Crippen MR) is 118 cm³/mol. The van der Waals surface area contributed by atoms with Gasteiger partial charge in [0.2, 0.25) is 5.88 Å². The Hall–Kier alpha value is -3.68. The number of amides is 1. The standard InChI is InChI=1S/C24H25N3O5/c1-24(2,3)32-23(30)27-14-17(13-20(27)22(28)29)31-21-18-7-5-4-6-16(18)12-19(26-21)15-8-10-25-11-9-15/h4-12,17,20H,13-14H2,1-3H3,(H,28,29)/t17-,20+/m1/s1. The second-order valence-electron chi connectivity index (χ2n) is 8.73. The molecule has 166 valence electrons. The van der Waals surface area contributed by atoms with E-state index in [1.54, 1.807) is 33.2 Å². The van der Waals surface area contributed by atoms with Gasteiger partial charge in [0.05, 0.1) is 12.2 Å². The minimum Gasteiger partial charge on any atom is -0.480 e. The number of hydrogen-bond donors (Lipinski definition) is 1. The Morgan fingerprint density at radius 1 is 1.12 bits per heavy atom. The van der Waals surface area contributed by atoms with Gasteiger partial charge < -0.3 is 14.6 Å². The summed E-state index contributed by atoms with van der Waals surface area (Å²) in [6.07, 6.45) is 2.33. The molecule has 1 fully saturated rings. The van der Waals surface area contributed by atoms with E-state index >= 15 is 0 Å². The van der Waals surface area contributed by atoms with Crippen LogP contribution in [0.1, 0.15) is 27.2 Å². The Labute approximate surface area is 185 Å². The van der Waals surface area contributed by atoms with E-state index < -0.39 is 29.8 Å². The maximum Gasteiger partial charge on any atom is 0.411 e. The fourth-order valence-corrected chi connectivity index (χ4v) is 3.72. The van der Waals surface area contributed by atoms with Crippen molar-refractivity contribution >= 4 is 22.8 Å². The molecule has 0 radical (unpaired) electrons. The second-order valence-corrected chi connectivity index (χ2v) is 8.73. The number of aromatic nitrogens is 2. The average Bonchev–Trinajstić information content (AvgIpc) is 3.18. The molecular weight excluding hydrogens is 410 g/mol. The maximum atomic E-state index is 12.6. The molecule has 8 nitrogen and oxygen atoms in total. The first-order valence-corrected chi connectivity index (χ1v) is 10.4. The number of likely N-dealkylation sites (tertiary alicyclic amines) is 1. The lowest BCUT2D eigenvalue weighted by Gasteiger charge is -2.26. The highest BCUT2D eigenvalue weighted by molar-refractivity contribution is 5.90. The fourth-order valence-electron chi connectivity index (χ4n) is 3.72. The summed E-state index contributed by atoms with van der Waals surface area (Å²) in [5.41, 5.74) is 0.883. The lowest BCUT2D eigenvalue weighted by atomic mass is 10.1. The van der Waals surface area contributed by atoms with Crippen molar-refractivity contribution in [1.29, 1.82) is 0 Å². The number of carboxylic acid groups (broad SMARTS) is 1. The van der Waals surface area contributed by atoms with Crippen LogP contribution in [0.5, 0.6) is 5.88 Å². The zero-order chi connectivity index (χ0) is 22.9. The van der Waals surface area contributed by atoms with Gasteiger partial charge in [-0.25, -0.2) is 14.6 Å². The van der Waals surface area contributed by atoms with Crippen LogP contribution in [-0.4, -0.2) is 56.3 Å². The zero-order valence-electron chi connectivity index (χ0n) is 18.2. The molecule has 2 atom stereocenters. The third kappa shape index (κ3) is 4.64. The zero-order valence-corrected chi connectivity index (χ0v) is 18.2. The van der Waals surface area contributed by atoms with Crippen molar-refractivity contribution < 1.29 is 24.2 Å². The van der Waals surface area contributed by atoms with E-state index in [4.69, 9.17) is 14.5 Å². The fraction of sp³-hybridized carbons (Fsp3) is 0.333. The van der Waals surface area contributed by atoms with Crippen LogP contribution < -0.4 is 4.74 Å². The van der Waals surface area contributed by atoms with Crippen LogP contribution in [0.4, 0.5) is 4.79 Å². The maximum absolute atomic E-state index is 12.6. The first-order chi connectivity index (χ1) is 15.2. The Morgan fingerprint density at radius 3 is 2.53 bits per heavy atom. The first kappa shape index (κ1) is 21.5. The van der Waals surface area contributed by atoms with Crippen molar-refractivity contribution in [3.8, 4) is 17.1 Å². The Morgan fingerprint density at radius 2 is 1.84 bits per heavy atom. The number of nitrogens with zero attached hydrogens (tertiary/aromatic N) is 3. The highest BCUT2D eigenvalue weighted by atomic mass is 16.6. The number of pyridine rings is 2. The van der Waals surface area contributed by atoms with Crippen molar-refractivity contribution in [3.05, 3.63) is 54.9 Å². The van der Waals surface area contributed by atoms with E-state index in [0.29, 0.717) is 5.88 Å². The molecule has 4 rings (SSSR count). The molecule has 0 spiro atoms. The van der Waals surface area contributed by atoms with Gasteiger partial charge in [0, 0.05) is 29.8 Å². The van der Waals surface area contributed by atoms with Crippen molar-refractivity contribution in [3.63, 3.8) is 0 Å². The summed E-state index contributed by atoms with van der Waals surface area (Å²) in [7, 11) is 0. The molecule has 1 aliphatic rings. The smallest absolute Gasteiger partial charge is 0.411 e. The van der Waals surface area contributed by atoms with Crippen LogP contribution in [0, 0.1) is 0 Å². The van der Waals surface area contributed by atoms with E-state index in [1.165, 1.54) is 4.90 Å². The average molecular weight is 435 g/mol. The molecule has 32 heavy (non-hydrogen) atoms. The number of ether oxygens (including phenoxy) is 2. The van der Waals surface area contributed by atoms with Gasteiger partial charge >= 0.3 is 12.1 Å². The number of fused-ring (bicyclic) bond motifs is 1. The van der Waals surface area contributed by atoms with E-state index in [2.05, 4.69) is 4.98 Å². The van der Waals surface area contributed by atoms with Gasteiger partial charge in [-0.2, -0.15) is 0 Å². The second kappa shape index (κ2) is 8.45. The van der Waals surface area contributed by atoms with Crippen molar-refractivity contribution in [2.45, 2.75) is 44.9 Å². The van der Waals surface area contributed by atoms with E-state index in [-0.39, 0.29) is 13.0 Å². The molecule has 1 N–H and O–H groups in total. The third-order valence-electron chi connectivity index (χ3n) is 5.14. The van der Waals surface area contributed by atoms with Crippen LogP contribution in [0.25, 0.3) is 22.0 Å². The molecule has 1 amide bonds. The molecule has 8 heteroatoms. The Balaban J connectivity index is 1.64. The molecule has 0 aliphatic carbocycles. The summed E-state index contributed by atoms with van der Waals surface area (Å²) in [6, 6.07) is 12.4. The van der Waals surface area contributed by atoms with Crippen molar-refractivity contribution in [2.75, 3.05) is 6.54 Å². The predicted octanol–water partition coefficient (Wildman–Crippen LogP) is 4.14. The van der Waals surface area contributed by atoms with Crippen LogP contribution in [-0.2, 0) is 9.53 Å². The minimum absolute atomic E-state index is 0.0986. The summed E-state index contributed by atoms with van der Waals surface area (Å²) in [5, 5.41) is 11.4. The van der Waals surface area contributed by atoms with Crippen LogP contribution >= 0.6 is 0 Å². The highest BCUT2D eigenvalue weighted by Crippen LogP contribution is 2.32. The van der Waals surface area contributed by atoms with E-state index in [9.17, 15) is 14.7 Å². The van der Waals surface area contributed by atoms with Gasteiger partial charge in [0.25, 0.3) is 0 Å². The van der Waals surface area contributed by atoms with Crippen LogP contribution in [0.3, 0.4) is 0 Å². The summed E-state index contributed by atoms with van der Waals surface area (Å²) in [6.45, 7) is 5.32. The number of carboxylic acids is 1. The Bertz CT molecular complexity index is 1140. The Kier molecular flexibility index (Phi) is 5.69. The lowest BCUT2D eigenvalue weighted by molar-refractivity contribution is -0.142. The monoisotopic (exact) mass is 435 g/mol. The first-order valence-electron chi connectivity index (χ1n) is 10.4. The number of benzene rings is 1. The topological polar surface area (TPSA) is 102 Å².